The van der Waals surface area contributed by atoms with Crippen molar-refractivity contribution >= 4 is 5.97 Å². The van der Waals surface area contributed by atoms with Crippen LogP contribution in [0.4, 0.5) is 0 Å². The molecule has 0 saturated carbocycles. The van der Waals surface area contributed by atoms with Gasteiger partial charge >= 0.3 is 5.97 Å². The Balaban J connectivity index is 0. The molecule has 1 heterocycles. The Morgan fingerprint density at radius 1 is 1.09 bits per heavy atom. The van der Waals surface area contributed by atoms with Crippen LogP contribution in [0.2, 0.25) is 0 Å². The lowest BCUT2D eigenvalue weighted by molar-refractivity contribution is -0.930. The number of hydrogen-bond acceptors (Lipinski definition) is 2. The lowest BCUT2D eigenvalue weighted by atomic mass is 10.1. The average Bonchev–Trinajstić information content (AvgIpc) is 2.45. The summed E-state index contributed by atoms with van der Waals surface area (Å²) in [4.78, 5) is 12.1. The van der Waals surface area contributed by atoms with Crippen molar-refractivity contribution in [2.75, 3.05) is 53.9 Å². The number of rotatable bonds is 8. The third kappa shape index (κ3) is 9.21. The third-order valence-corrected chi connectivity index (χ3v) is 5.23. The number of likely N-dealkylation sites (tertiary alicyclic amines) is 1. The first-order valence-electron chi connectivity index (χ1n) is 8.65. The Labute approximate surface area is 177 Å². The minimum Gasteiger partial charge on any atom is -1.00 e. The van der Waals surface area contributed by atoms with Crippen molar-refractivity contribution in [3.8, 4) is 0 Å². The van der Waals surface area contributed by atoms with Crippen molar-refractivity contribution in [3.05, 3.63) is 0 Å². The largest absolute Gasteiger partial charge is 1.00 e. The maximum atomic E-state index is 12.1. The molecule has 4 nitrogen and oxygen atoms in total. The van der Waals surface area contributed by atoms with Gasteiger partial charge in [-0.25, -0.2) is 0 Å². The maximum absolute atomic E-state index is 12.1. The van der Waals surface area contributed by atoms with Crippen LogP contribution in [-0.4, -0.2) is 74.9 Å². The van der Waals surface area contributed by atoms with Crippen LogP contribution in [0.15, 0.2) is 0 Å². The summed E-state index contributed by atoms with van der Waals surface area (Å²) in [5, 5.41) is 0. The first-order chi connectivity index (χ1) is 9.83. The van der Waals surface area contributed by atoms with E-state index in [1.54, 1.807) is 0 Å². The van der Waals surface area contributed by atoms with Crippen LogP contribution >= 0.6 is 0 Å². The predicted molar refractivity (Wildman–Crippen MR) is 86.9 cm³/mol. The van der Waals surface area contributed by atoms with Gasteiger partial charge in [0.1, 0.15) is 12.6 Å². The summed E-state index contributed by atoms with van der Waals surface area (Å²) in [5.74, 6) is -0.0153. The van der Waals surface area contributed by atoms with E-state index in [1.165, 1.54) is 32.4 Å². The molecular formula is C17H36I2N2O2. The summed E-state index contributed by atoms with van der Waals surface area (Å²) < 4.78 is 7.50. The van der Waals surface area contributed by atoms with Gasteiger partial charge in [0, 0.05) is 6.42 Å². The molecule has 0 amide bonds. The van der Waals surface area contributed by atoms with Crippen LogP contribution in [0.3, 0.4) is 0 Å². The molecule has 0 aromatic carbocycles. The molecule has 0 N–H and O–H groups in total. The second-order valence-corrected chi connectivity index (χ2v) is 7.50. The minimum atomic E-state index is -0.0153. The van der Waals surface area contributed by atoms with Gasteiger partial charge in [-0.1, -0.05) is 6.92 Å². The first-order valence-corrected chi connectivity index (χ1v) is 8.65. The predicted octanol–water partition coefficient (Wildman–Crippen LogP) is -3.57. The van der Waals surface area contributed by atoms with Crippen LogP contribution in [-0.2, 0) is 9.53 Å². The average molecular weight is 554 g/mol. The van der Waals surface area contributed by atoms with Gasteiger partial charge in [0.05, 0.1) is 53.7 Å². The van der Waals surface area contributed by atoms with E-state index in [2.05, 4.69) is 35.0 Å². The Bertz CT molecular complexity index is 327. The smallest absolute Gasteiger partial charge is 0.311 e. The van der Waals surface area contributed by atoms with Gasteiger partial charge < -0.3 is 61.7 Å². The Kier molecular flexibility index (Phi) is 13.9. The summed E-state index contributed by atoms with van der Waals surface area (Å²) in [5.41, 5.74) is 0. The first kappa shape index (κ1) is 26.1. The number of hydrogen-bond donors (Lipinski definition) is 0. The molecule has 0 aliphatic carbocycles. The molecule has 1 aliphatic heterocycles. The van der Waals surface area contributed by atoms with E-state index < -0.39 is 0 Å². The van der Waals surface area contributed by atoms with Crippen molar-refractivity contribution in [2.45, 2.75) is 52.0 Å². The van der Waals surface area contributed by atoms with Crippen LogP contribution in [0.25, 0.3) is 0 Å². The summed E-state index contributed by atoms with van der Waals surface area (Å²) in [6.45, 7) is 9.53. The van der Waals surface area contributed by atoms with Gasteiger partial charge in [-0.15, -0.1) is 0 Å². The molecule has 6 heteroatoms. The molecule has 1 rings (SSSR count). The van der Waals surface area contributed by atoms with E-state index in [9.17, 15) is 4.79 Å². The number of carbonyl (C=O) groups excluding carboxylic acids is 1. The fourth-order valence-electron chi connectivity index (χ4n) is 3.36. The summed E-state index contributed by atoms with van der Waals surface area (Å²) in [7, 11) is 6.48. The number of carbonyl (C=O) groups is 1. The maximum Gasteiger partial charge on any atom is 0.311 e. The normalized spacial score (nSPS) is 18.3. The molecule has 1 saturated heterocycles. The lowest BCUT2D eigenvalue weighted by Gasteiger charge is -2.40. The summed E-state index contributed by atoms with van der Waals surface area (Å²) in [6, 6.07) is 0.387. The quantitative estimate of drug-likeness (QED) is 0.177. The van der Waals surface area contributed by atoms with Crippen LogP contribution < -0.4 is 48.0 Å². The lowest BCUT2D eigenvalue weighted by Crippen LogP contribution is -3.00. The SMILES string of the molecule is CCC(COC(=O)CC[N+]1(CC)CCCCC1)[N+](C)(C)C.[I-].[I-]. The second kappa shape index (κ2) is 12.2. The molecule has 140 valence electrons. The highest BCUT2D eigenvalue weighted by Gasteiger charge is 2.29. The van der Waals surface area contributed by atoms with Gasteiger partial charge in [0.2, 0.25) is 0 Å². The van der Waals surface area contributed by atoms with Crippen LogP contribution in [0.1, 0.15) is 46.0 Å². The molecule has 0 aromatic rings. The number of piperidine rings is 1. The zero-order chi connectivity index (χ0) is 15.9. The molecule has 0 aromatic heterocycles. The van der Waals surface area contributed by atoms with Crippen molar-refractivity contribution in [1.82, 2.24) is 0 Å². The number of esters is 1. The standard InChI is InChI=1S/C17H36N2O2.2HI/c1-6-16(18(3,4)5)15-21-17(20)11-14-19(7-2)12-9-8-10-13-19;;/h16H,6-15H2,1-5H3;2*1H/q+2;;/p-2. The molecule has 0 bridgehead atoms. The van der Waals surface area contributed by atoms with Crippen molar-refractivity contribution < 1.29 is 66.5 Å². The van der Waals surface area contributed by atoms with Crippen molar-refractivity contribution in [2.24, 2.45) is 0 Å². The van der Waals surface area contributed by atoms with E-state index in [0.717, 1.165) is 28.5 Å². The molecule has 1 atom stereocenters. The second-order valence-electron chi connectivity index (χ2n) is 7.50. The van der Waals surface area contributed by atoms with E-state index in [0.29, 0.717) is 19.1 Å². The zero-order valence-electron chi connectivity index (χ0n) is 15.6. The molecule has 1 fully saturated rings. The van der Waals surface area contributed by atoms with E-state index >= 15 is 0 Å². The molecule has 1 unspecified atom stereocenters. The topological polar surface area (TPSA) is 26.3 Å². The highest BCUT2D eigenvalue weighted by Crippen LogP contribution is 2.19. The molecule has 0 radical (unpaired) electrons. The number of halogens is 2. The number of nitrogens with zero attached hydrogens (tertiary/aromatic N) is 2. The van der Waals surface area contributed by atoms with Gasteiger partial charge in [0.25, 0.3) is 0 Å². The van der Waals surface area contributed by atoms with Crippen LogP contribution in [0, 0.1) is 0 Å². The number of ether oxygens (including phenoxy) is 1. The summed E-state index contributed by atoms with van der Waals surface area (Å²) >= 11 is 0. The fourth-order valence-corrected chi connectivity index (χ4v) is 3.36. The Morgan fingerprint density at radius 2 is 1.65 bits per heavy atom. The van der Waals surface area contributed by atoms with Crippen molar-refractivity contribution in [3.63, 3.8) is 0 Å². The van der Waals surface area contributed by atoms with Crippen molar-refractivity contribution in [1.29, 1.82) is 0 Å². The molecular weight excluding hydrogens is 518 g/mol. The van der Waals surface area contributed by atoms with Gasteiger partial charge in [-0.3, -0.25) is 4.79 Å². The zero-order valence-corrected chi connectivity index (χ0v) is 19.9. The highest BCUT2D eigenvalue weighted by molar-refractivity contribution is 5.69. The minimum absolute atomic E-state index is 0. The van der Waals surface area contributed by atoms with E-state index in [1.807, 2.05) is 0 Å². The van der Waals surface area contributed by atoms with Gasteiger partial charge in [-0.2, -0.15) is 0 Å². The molecule has 1 aliphatic rings. The Morgan fingerprint density at radius 3 is 2.09 bits per heavy atom. The van der Waals surface area contributed by atoms with E-state index in [-0.39, 0.29) is 53.9 Å². The van der Waals surface area contributed by atoms with Gasteiger partial charge in [0.15, 0.2) is 0 Å². The number of quaternary nitrogens is 2. The van der Waals surface area contributed by atoms with Crippen LogP contribution in [0.5, 0.6) is 0 Å². The molecule has 23 heavy (non-hydrogen) atoms. The molecule has 0 spiro atoms. The highest BCUT2D eigenvalue weighted by atomic mass is 127. The van der Waals surface area contributed by atoms with Gasteiger partial charge in [-0.05, 0) is 26.2 Å². The number of likely N-dealkylation sites (N-methyl/N-ethyl adjacent to an activating group) is 1. The fraction of sp³-hybridized carbons (Fsp3) is 0.941. The summed E-state index contributed by atoms with van der Waals surface area (Å²) in [6.07, 6.45) is 5.57. The third-order valence-electron chi connectivity index (χ3n) is 5.23. The monoisotopic (exact) mass is 554 g/mol. The Hall–Kier alpha value is 0.850. The van der Waals surface area contributed by atoms with E-state index in [4.69, 9.17) is 4.74 Å².